The van der Waals surface area contributed by atoms with Crippen LogP contribution >= 0.6 is 23.2 Å². The Labute approximate surface area is 160 Å². The summed E-state index contributed by atoms with van der Waals surface area (Å²) in [7, 11) is 1.71. The van der Waals surface area contributed by atoms with Crippen LogP contribution in [0.5, 0.6) is 0 Å². The van der Waals surface area contributed by atoms with E-state index >= 15 is 0 Å². The predicted octanol–water partition coefficient (Wildman–Crippen LogP) is 4.54. The first-order valence-corrected chi connectivity index (χ1v) is 8.54. The van der Waals surface area contributed by atoms with Crippen LogP contribution in [-0.4, -0.2) is 24.4 Å². The number of hydrogen-bond donors (Lipinski definition) is 1. The van der Waals surface area contributed by atoms with E-state index < -0.39 is 0 Å². The number of amides is 1. The molecule has 7 heteroatoms. The summed E-state index contributed by atoms with van der Waals surface area (Å²) in [4.78, 5) is 23.7. The molecule has 0 saturated heterocycles. The lowest BCUT2D eigenvalue weighted by Crippen LogP contribution is -2.21. The van der Waals surface area contributed by atoms with Crippen molar-refractivity contribution < 1.29 is 9.59 Å². The molecule has 0 heterocycles. The van der Waals surface area contributed by atoms with Crippen molar-refractivity contribution >= 4 is 52.0 Å². The Bertz CT molecular complexity index is 947. The number of hydrazone groups is 1. The van der Waals surface area contributed by atoms with Gasteiger partial charge in [0, 0.05) is 25.1 Å². The molecule has 1 aliphatic rings. The number of para-hydroxylation sites is 1. The number of anilines is 2. The Hall–Kier alpha value is -2.63. The van der Waals surface area contributed by atoms with Crippen molar-refractivity contribution in [3.63, 3.8) is 0 Å². The number of halogens is 2. The molecule has 0 atom stereocenters. The Kier molecular flexibility index (Phi) is 5.11. The summed E-state index contributed by atoms with van der Waals surface area (Å²) in [6.07, 6.45) is 3.05. The molecular formula is C19H15Cl2N3O2. The molecule has 0 unspecified atom stereocenters. The molecule has 2 aromatic rings. The van der Waals surface area contributed by atoms with Gasteiger partial charge in [0.15, 0.2) is 5.78 Å². The minimum Gasteiger partial charge on any atom is -0.326 e. The Morgan fingerprint density at radius 2 is 1.73 bits per heavy atom. The van der Waals surface area contributed by atoms with Crippen LogP contribution in [-0.2, 0) is 4.79 Å². The van der Waals surface area contributed by atoms with Gasteiger partial charge in [0.2, 0.25) is 5.91 Å². The number of fused-ring (bicyclic) bond motifs is 1. The quantitative estimate of drug-likeness (QED) is 0.785. The summed E-state index contributed by atoms with van der Waals surface area (Å²) < 4.78 is 0. The number of carbonyl (C=O) groups excluding carboxylic acids is 2. The first-order valence-electron chi connectivity index (χ1n) is 7.78. The van der Waals surface area contributed by atoms with Crippen LogP contribution in [0.4, 0.5) is 11.4 Å². The SMILES string of the molecule is CC(=O)Nc1cccc2c1/C(=N/N(C)c1c(Cl)cccc1Cl)C=CC2=O. The standard InChI is InChI=1S/C19H15Cl2N3O2/c1-11(25)22-15-8-3-5-12-17(26)10-9-16(18(12)15)23-24(2)19-13(20)6-4-7-14(19)21/h3-10H,1-2H3,(H,22,25)/b23-16+. The van der Waals surface area contributed by atoms with Gasteiger partial charge in [-0.1, -0.05) is 41.4 Å². The smallest absolute Gasteiger partial charge is 0.221 e. The lowest BCUT2D eigenvalue weighted by Gasteiger charge is -2.21. The number of allylic oxidation sites excluding steroid dienone is 2. The van der Waals surface area contributed by atoms with E-state index in [1.54, 1.807) is 54.5 Å². The maximum atomic E-state index is 12.2. The molecule has 0 saturated carbocycles. The van der Waals surface area contributed by atoms with Gasteiger partial charge in [-0.05, 0) is 30.4 Å². The molecule has 26 heavy (non-hydrogen) atoms. The second kappa shape index (κ2) is 7.32. The lowest BCUT2D eigenvalue weighted by atomic mass is 9.92. The van der Waals surface area contributed by atoms with Gasteiger partial charge in [0.05, 0.1) is 27.1 Å². The maximum Gasteiger partial charge on any atom is 0.221 e. The van der Waals surface area contributed by atoms with Gasteiger partial charge < -0.3 is 5.32 Å². The molecule has 0 aromatic heterocycles. The summed E-state index contributed by atoms with van der Waals surface area (Å²) in [5, 5.41) is 9.76. The van der Waals surface area contributed by atoms with Gasteiger partial charge in [0.25, 0.3) is 0 Å². The average Bonchev–Trinajstić information content (AvgIpc) is 2.57. The molecule has 0 spiro atoms. The third-order valence-electron chi connectivity index (χ3n) is 3.81. The minimum atomic E-state index is -0.234. The number of nitrogens with zero attached hydrogens (tertiary/aromatic N) is 2. The summed E-state index contributed by atoms with van der Waals surface area (Å²) >= 11 is 12.5. The summed E-state index contributed by atoms with van der Waals surface area (Å²) in [6, 6.07) is 10.3. The molecule has 0 fully saturated rings. The highest BCUT2D eigenvalue weighted by Gasteiger charge is 2.22. The van der Waals surface area contributed by atoms with E-state index in [-0.39, 0.29) is 11.7 Å². The second-order valence-corrected chi connectivity index (χ2v) is 6.50. The molecule has 0 aliphatic heterocycles. The Morgan fingerprint density at radius 1 is 1.08 bits per heavy atom. The highest BCUT2D eigenvalue weighted by atomic mass is 35.5. The lowest BCUT2D eigenvalue weighted by molar-refractivity contribution is -0.114. The van der Waals surface area contributed by atoms with Crippen molar-refractivity contribution in [1.29, 1.82) is 0 Å². The number of nitrogens with one attached hydrogen (secondary N) is 1. The highest BCUT2D eigenvalue weighted by Crippen LogP contribution is 2.34. The molecule has 0 radical (unpaired) electrons. The van der Waals surface area contributed by atoms with Crippen molar-refractivity contribution in [3.8, 4) is 0 Å². The van der Waals surface area contributed by atoms with Crippen LogP contribution in [0.3, 0.4) is 0 Å². The molecular weight excluding hydrogens is 373 g/mol. The monoisotopic (exact) mass is 387 g/mol. The maximum absolute atomic E-state index is 12.2. The van der Waals surface area contributed by atoms with Crippen molar-refractivity contribution in [3.05, 3.63) is 69.7 Å². The molecule has 0 bridgehead atoms. The fourth-order valence-corrected chi connectivity index (χ4v) is 3.39. The zero-order valence-corrected chi connectivity index (χ0v) is 15.6. The number of hydrogen-bond acceptors (Lipinski definition) is 4. The highest BCUT2D eigenvalue weighted by molar-refractivity contribution is 6.39. The van der Waals surface area contributed by atoms with Gasteiger partial charge in [-0.15, -0.1) is 0 Å². The van der Waals surface area contributed by atoms with Crippen LogP contribution in [0.15, 0.2) is 53.7 Å². The van der Waals surface area contributed by atoms with Gasteiger partial charge in [-0.2, -0.15) is 5.10 Å². The number of rotatable bonds is 3. The molecule has 1 N–H and O–H groups in total. The van der Waals surface area contributed by atoms with Gasteiger partial charge in [-0.3, -0.25) is 14.6 Å². The van der Waals surface area contributed by atoms with Crippen LogP contribution in [0, 0.1) is 0 Å². The van der Waals surface area contributed by atoms with Gasteiger partial charge >= 0.3 is 0 Å². The zero-order valence-electron chi connectivity index (χ0n) is 14.1. The summed E-state index contributed by atoms with van der Waals surface area (Å²) in [5.74, 6) is -0.383. The predicted molar refractivity (Wildman–Crippen MR) is 106 cm³/mol. The average molecular weight is 388 g/mol. The Balaban J connectivity index is 2.13. The van der Waals surface area contributed by atoms with Crippen LogP contribution < -0.4 is 10.3 Å². The molecule has 132 valence electrons. The van der Waals surface area contributed by atoms with Crippen molar-refractivity contribution in [2.45, 2.75) is 6.92 Å². The van der Waals surface area contributed by atoms with E-state index in [0.29, 0.717) is 38.3 Å². The van der Waals surface area contributed by atoms with E-state index in [1.165, 1.54) is 13.0 Å². The first-order chi connectivity index (χ1) is 12.4. The number of carbonyl (C=O) groups is 2. The van der Waals surface area contributed by atoms with Crippen molar-refractivity contribution in [2.24, 2.45) is 5.10 Å². The first kappa shape index (κ1) is 18.2. The van der Waals surface area contributed by atoms with E-state index in [9.17, 15) is 9.59 Å². The van der Waals surface area contributed by atoms with Gasteiger partial charge in [-0.25, -0.2) is 0 Å². The third-order valence-corrected chi connectivity index (χ3v) is 4.42. The fourth-order valence-electron chi connectivity index (χ4n) is 2.75. The largest absolute Gasteiger partial charge is 0.326 e. The van der Waals surface area contributed by atoms with E-state index in [2.05, 4.69) is 10.4 Å². The summed E-state index contributed by atoms with van der Waals surface area (Å²) in [6.45, 7) is 1.41. The van der Waals surface area contributed by atoms with E-state index in [0.717, 1.165) is 0 Å². The van der Waals surface area contributed by atoms with Gasteiger partial charge in [0.1, 0.15) is 0 Å². The van der Waals surface area contributed by atoms with Crippen LogP contribution in [0.25, 0.3) is 0 Å². The van der Waals surface area contributed by atoms with Crippen molar-refractivity contribution in [1.82, 2.24) is 0 Å². The molecule has 1 amide bonds. The minimum absolute atomic E-state index is 0.149. The normalized spacial score (nSPS) is 14.3. The van der Waals surface area contributed by atoms with E-state index in [1.807, 2.05) is 0 Å². The zero-order chi connectivity index (χ0) is 18.8. The van der Waals surface area contributed by atoms with Crippen LogP contribution in [0.2, 0.25) is 10.0 Å². The third kappa shape index (κ3) is 3.49. The second-order valence-electron chi connectivity index (χ2n) is 5.69. The summed E-state index contributed by atoms with van der Waals surface area (Å²) in [5.41, 5.74) is 2.61. The topological polar surface area (TPSA) is 61.8 Å². The molecule has 1 aliphatic carbocycles. The molecule has 5 nitrogen and oxygen atoms in total. The fraction of sp³-hybridized carbons (Fsp3) is 0.105. The van der Waals surface area contributed by atoms with E-state index in [4.69, 9.17) is 23.2 Å². The molecule has 3 rings (SSSR count). The molecule has 2 aromatic carbocycles. The Morgan fingerprint density at radius 3 is 2.38 bits per heavy atom. The number of benzene rings is 2. The van der Waals surface area contributed by atoms with Crippen LogP contribution in [0.1, 0.15) is 22.8 Å². The number of ketones is 1. The van der Waals surface area contributed by atoms with Crippen molar-refractivity contribution in [2.75, 3.05) is 17.4 Å².